The molecule has 2 aromatic rings. The number of amides is 1. The summed E-state index contributed by atoms with van der Waals surface area (Å²) >= 11 is 1.51. The number of nitrogens with zero attached hydrogens (tertiary/aromatic N) is 4. The Morgan fingerprint density at radius 1 is 1.24 bits per heavy atom. The van der Waals surface area contributed by atoms with Gasteiger partial charge in [0.1, 0.15) is 0 Å². The average molecular weight is 359 g/mol. The molecule has 0 aliphatic heterocycles. The van der Waals surface area contributed by atoms with Crippen LogP contribution in [0.5, 0.6) is 0 Å². The molecule has 0 atom stereocenters. The van der Waals surface area contributed by atoms with E-state index in [4.69, 9.17) is 0 Å². The van der Waals surface area contributed by atoms with Crippen molar-refractivity contribution >= 4 is 23.4 Å². The van der Waals surface area contributed by atoms with Crippen molar-refractivity contribution in [2.75, 3.05) is 6.26 Å². The summed E-state index contributed by atoms with van der Waals surface area (Å²) in [7, 11) is 0. The Morgan fingerprint density at radius 3 is 2.52 bits per heavy atom. The highest BCUT2D eigenvalue weighted by Gasteiger charge is 2.42. The molecule has 0 bridgehead atoms. The molecule has 2 aliphatic carbocycles. The lowest BCUT2D eigenvalue weighted by Gasteiger charge is -2.18. The first-order valence-corrected chi connectivity index (χ1v) is 10.4. The molecular formula is C18H25N5OS. The lowest BCUT2D eigenvalue weighted by Crippen LogP contribution is -2.38. The molecule has 7 heteroatoms. The van der Waals surface area contributed by atoms with Crippen LogP contribution in [0.25, 0.3) is 5.78 Å². The van der Waals surface area contributed by atoms with Crippen molar-refractivity contribution in [1.82, 2.24) is 24.9 Å². The van der Waals surface area contributed by atoms with E-state index in [9.17, 15) is 4.79 Å². The zero-order chi connectivity index (χ0) is 17.6. The summed E-state index contributed by atoms with van der Waals surface area (Å²) in [5.41, 5.74) is 3.08. The second kappa shape index (κ2) is 6.59. The van der Waals surface area contributed by atoms with Gasteiger partial charge in [0, 0.05) is 23.9 Å². The monoisotopic (exact) mass is 359 g/mol. The summed E-state index contributed by atoms with van der Waals surface area (Å²) in [4.78, 5) is 21.4. The van der Waals surface area contributed by atoms with Crippen LogP contribution in [-0.4, -0.2) is 37.8 Å². The molecule has 2 saturated carbocycles. The van der Waals surface area contributed by atoms with E-state index in [1.165, 1.54) is 37.4 Å². The van der Waals surface area contributed by atoms with E-state index in [2.05, 4.69) is 20.4 Å². The average Bonchev–Trinajstić information content (AvgIpc) is 3.50. The van der Waals surface area contributed by atoms with Crippen LogP contribution in [0, 0.1) is 25.7 Å². The predicted octanol–water partition coefficient (Wildman–Crippen LogP) is 2.70. The van der Waals surface area contributed by atoms with Crippen molar-refractivity contribution in [3.63, 3.8) is 0 Å². The molecule has 0 saturated heterocycles. The fourth-order valence-electron chi connectivity index (χ4n) is 3.67. The first-order chi connectivity index (χ1) is 12.1. The van der Waals surface area contributed by atoms with Gasteiger partial charge in [0.25, 0.3) is 5.78 Å². The maximum absolute atomic E-state index is 12.5. The summed E-state index contributed by atoms with van der Waals surface area (Å²) in [6.45, 7) is 4.02. The lowest BCUT2D eigenvalue weighted by molar-refractivity contribution is -0.122. The molecule has 2 aliphatic rings. The maximum atomic E-state index is 12.5. The molecule has 0 radical (unpaired) electrons. The summed E-state index contributed by atoms with van der Waals surface area (Å²) in [6, 6.07) is 0.426. The molecule has 1 amide bonds. The molecule has 1 N–H and O–H groups in total. The van der Waals surface area contributed by atoms with Crippen molar-refractivity contribution in [2.24, 2.45) is 11.8 Å². The molecular weight excluding hydrogens is 334 g/mol. The Bertz CT molecular complexity index is 797. The molecule has 4 rings (SSSR count). The van der Waals surface area contributed by atoms with Crippen LogP contribution in [0.4, 0.5) is 0 Å². The number of aryl methyl sites for hydroxylation is 2. The van der Waals surface area contributed by atoms with Crippen LogP contribution < -0.4 is 5.32 Å². The second-order valence-corrected chi connectivity index (χ2v) is 8.11. The SMILES string of the molecule is CSc1nc2nc(C)c(CCC(=O)NC(C3CC3)C3CC3)c(C)n2n1. The molecule has 2 aromatic heterocycles. The van der Waals surface area contributed by atoms with Gasteiger partial charge in [-0.2, -0.15) is 4.98 Å². The summed E-state index contributed by atoms with van der Waals surface area (Å²) in [6.07, 6.45) is 8.29. The smallest absolute Gasteiger partial charge is 0.253 e. The number of fused-ring (bicyclic) bond motifs is 1. The molecule has 2 heterocycles. The van der Waals surface area contributed by atoms with Gasteiger partial charge in [-0.3, -0.25) is 4.79 Å². The number of hydrogen-bond donors (Lipinski definition) is 1. The van der Waals surface area contributed by atoms with Crippen molar-refractivity contribution in [2.45, 2.75) is 63.6 Å². The van der Waals surface area contributed by atoms with Gasteiger partial charge >= 0.3 is 0 Å². The minimum absolute atomic E-state index is 0.172. The van der Waals surface area contributed by atoms with Gasteiger partial charge in [0.15, 0.2) is 0 Å². The zero-order valence-electron chi connectivity index (χ0n) is 15.1. The Hall–Kier alpha value is -1.63. The van der Waals surface area contributed by atoms with Crippen molar-refractivity contribution in [1.29, 1.82) is 0 Å². The van der Waals surface area contributed by atoms with Gasteiger partial charge in [0.2, 0.25) is 11.1 Å². The van der Waals surface area contributed by atoms with Crippen LogP contribution in [0.3, 0.4) is 0 Å². The second-order valence-electron chi connectivity index (χ2n) is 7.34. The van der Waals surface area contributed by atoms with Gasteiger partial charge in [-0.05, 0) is 69.6 Å². The van der Waals surface area contributed by atoms with E-state index in [1.54, 1.807) is 4.52 Å². The van der Waals surface area contributed by atoms with Gasteiger partial charge in [-0.25, -0.2) is 9.50 Å². The maximum Gasteiger partial charge on any atom is 0.253 e. The molecule has 134 valence electrons. The fraction of sp³-hybridized carbons (Fsp3) is 0.667. The van der Waals surface area contributed by atoms with E-state index in [-0.39, 0.29) is 5.91 Å². The minimum Gasteiger partial charge on any atom is -0.353 e. The Labute approximate surface area is 152 Å². The number of nitrogens with one attached hydrogen (secondary N) is 1. The van der Waals surface area contributed by atoms with Gasteiger partial charge in [-0.15, -0.1) is 5.10 Å². The molecule has 0 unspecified atom stereocenters. The largest absolute Gasteiger partial charge is 0.353 e. The highest BCUT2D eigenvalue weighted by Crippen LogP contribution is 2.44. The topological polar surface area (TPSA) is 72.2 Å². The number of hydrogen-bond acceptors (Lipinski definition) is 5. The van der Waals surface area contributed by atoms with E-state index in [0.29, 0.717) is 24.7 Å². The van der Waals surface area contributed by atoms with Gasteiger partial charge in [0.05, 0.1) is 0 Å². The van der Waals surface area contributed by atoms with Crippen LogP contribution >= 0.6 is 11.8 Å². The van der Waals surface area contributed by atoms with Crippen molar-refractivity contribution in [3.05, 3.63) is 17.0 Å². The first kappa shape index (κ1) is 16.8. The van der Waals surface area contributed by atoms with E-state index >= 15 is 0 Å². The zero-order valence-corrected chi connectivity index (χ0v) is 15.9. The fourth-order valence-corrected chi connectivity index (χ4v) is 4.00. The van der Waals surface area contributed by atoms with Crippen molar-refractivity contribution < 1.29 is 4.79 Å². The Morgan fingerprint density at radius 2 is 1.92 bits per heavy atom. The third kappa shape index (κ3) is 3.52. The van der Waals surface area contributed by atoms with E-state index in [1.807, 2.05) is 20.1 Å². The molecule has 6 nitrogen and oxygen atoms in total. The molecule has 0 aromatic carbocycles. The van der Waals surface area contributed by atoms with E-state index in [0.717, 1.165) is 33.9 Å². The number of carbonyl (C=O) groups is 1. The Kier molecular flexibility index (Phi) is 4.43. The predicted molar refractivity (Wildman–Crippen MR) is 97.7 cm³/mol. The van der Waals surface area contributed by atoms with E-state index < -0.39 is 0 Å². The van der Waals surface area contributed by atoms with Gasteiger partial charge < -0.3 is 5.32 Å². The first-order valence-electron chi connectivity index (χ1n) is 9.13. The van der Waals surface area contributed by atoms with Crippen LogP contribution in [0.15, 0.2) is 5.16 Å². The number of thioether (sulfide) groups is 1. The third-order valence-corrected chi connectivity index (χ3v) is 5.94. The van der Waals surface area contributed by atoms with Gasteiger partial charge in [-0.1, -0.05) is 11.8 Å². The lowest BCUT2D eigenvalue weighted by atomic mass is 10.0. The molecule has 2 fully saturated rings. The highest BCUT2D eigenvalue weighted by molar-refractivity contribution is 7.98. The van der Waals surface area contributed by atoms with Crippen LogP contribution in [0.2, 0.25) is 0 Å². The number of rotatable bonds is 7. The third-order valence-electron chi connectivity index (χ3n) is 5.40. The summed E-state index contributed by atoms with van der Waals surface area (Å²) in [5.74, 6) is 2.28. The summed E-state index contributed by atoms with van der Waals surface area (Å²) in [5, 5.41) is 8.50. The minimum atomic E-state index is 0.172. The standard InChI is InChI=1S/C18H25N5OS/c1-10-14(11(2)23-17(19-10)21-18(22-23)25-3)8-9-15(24)20-16(12-4-5-12)13-6-7-13/h12-13,16H,4-9H2,1-3H3,(H,20,24). The molecule has 0 spiro atoms. The number of aromatic nitrogens is 4. The van der Waals surface area contributed by atoms with Crippen molar-refractivity contribution in [3.8, 4) is 0 Å². The normalized spacial score (nSPS) is 17.4. The number of carbonyl (C=O) groups excluding carboxylic acids is 1. The van der Waals surface area contributed by atoms with Crippen LogP contribution in [0.1, 0.15) is 49.1 Å². The summed E-state index contributed by atoms with van der Waals surface area (Å²) < 4.78 is 1.79. The Balaban J connectivity index is 1.45. The van der Waals surface area contributed by atoms with Crippen LogP contribution in [-0.2, 0) is 11.2 Å². The molecule has 25 heavy (non-hydrogen) atoms. The highest BCUT2D eigenvalue weighted by atomic mass is 32.2. The quantitative estimate of drug-likeness (QED) is 0.770.